The zero-order valence-electron chi connectivity index (χ0n) is 26.5. The summed E-state index contributed by atoms with van der Waals surface area (Å²) >= 11 is 0. The van der Waals surface area contributed by atoms with Crippen molar-refractivity contribution in [3.63, 3.8) is 0 Å². The highest BCUT2D eigenvalue weighted by Gasteiger charge is 2.24. The third kappa shape index (κ3) is 6.66. The molecule has 2 aliphatic rings. The van der Waals surface area contributed by atoms with Crippen LogP contribution in [0.4, 0.5) is 0 Å². The number of nitrogens with zero attached hydrogens (tertiary/aromatic N) is 1. The molecule has 0 aliphatic carbocycles. The standard InChI is InChI=1S/C35H38N4O6/c1-10-23-22(7)34(41)39-30(23)16-28-21(6)26(14-18(3)45-44-9)32(37-28)17-31-25(12-13-33(40)43-8)20(5)27(36-31)15-29-19(4)24(11-2)35(42)38-29/h10-11,15-17,36-37H,1-3,12-14H2,4-9H3,(H,39,41)/b27-15?,30-16-,31-17-. The molecule has 10 nitrogen and oxygen atoms in total. The second-order valence-electron chi connectivity index (χ2n) is 10.7. The first-order valence-corrected chi connectivity index (χ1v) is 14.3. The largest absolute Gasteiger partial charge is 0.469 e. The Hall–Kier alpha value is -5.22. The molecule has 234 valence electrons. The number of esters is 1. The van der Waals surface area contributed by atoms with Crippen LogP contribution < -0.4 is 16.0 Å². The summed E-state index contributed by atoms with van der Waals surface area (Å²) in [5.41, 5.74) is 8.88. The van der Waals surface area contributed by atoms with Gasteiger partial charge in [-0.05, 0) is 80.2 Å². The molecule has 3 N–H and O–H groups in total. The molecule has 4 rings (SSSR count). The van der Waals surface area contributed by atoms with Crippen molar-refractivity contribution in [3.05, 3.63) is 110 Å². The lowest BCUT2D eigenvalue weighted by Gasteiger charge is -2.06. The van der Waals surface area contributed by atoms with Crippen molar-refractivity contribution in [3.8, 4) is 0 Å². The van der Waals surface area contributed by atoms with Gasteiger partial charge in [-0.2, -0.15) is 4.89 Å². The van der Waals surface area contributed by atoms with Crippen LogP contribution in [0.25, 0.3) is 18.2 Å². The molecule has 0 spiro atoms. The van der Waals surface area contributed by atoms with E-state index in [1.165, 1.54) is 20.3 Å². The average Bonchev–Trinajstić information content (AvgIpc) is 3.65. The summed E-state index contributed by atoms with van der Waals surface area (Å²) in [7, 11) is 2.77. The predicted molar refractivity (Wildman–Crippen MR) is 174 cm³/mol. The number of aliphatic imine (C=N–C) groups is 1. The first-order valence-electron chi connectivity index (χ1n) is 14.3. The van der Waals surface area contributed by atoms with Crippen LogP contribution in [0.2, 0.25) is 0 Å². The number of rotatable bonds is 12. The van der Waals surface area contributed by atoms with Crippen LogP contribution >= 0.6 is 0 Å². The smallest absolute Gasteiger partial charge is 0.305 e. The molecule has 10 heteroatoms. The highest BCUT2D eigenvalue weighted by atomic mass is 17.2. The zero-order valence-corrected chi connectivity index (χ0v) is 26.5. The first kappa shape index (κ1) is 32.7. The minimum atomic E-state index is -0.328. The van der Waals surface area contributed by atoms with Crippen LogP contribution in [-0.2, 0) is 41.7 Å². The number of carbonyl (C=O) groups is 3. The van der Waals surface area contributed by atoms with Gasteiger partial charge in [0.25, 0.3) is 11.8 Å². The summed E-state index contributed by atoms with van der Waals surface area (Å²) < 4.78 is 4.91. The molecular formula is C35H38N4O6. The highest BCUT2D eigenvalue weighted by molar-refractivity contribution is 6.31. The van der Waals surface area contributed by atoms with Crippen LogP contribution in [0.1, 0.15) is 53.9 Å². The Morgan fingerprint density at radius 2 is 1.58 bits per heavy atom. The number of ether oxygens (including phenoxy) is 1. The number of allylic oxidation sites excluding steroid dienone is 3. The number of hydrogen-bond acceptors (Lipinski definition) is 6. The van der Waals surface area contributed by atoms with Gasteiger partial charge in [-0.15, -0.1) is 0 Å². The normalized spacial score (nSPS) is 16.6. The number of amides is 2. The number of aromatic amines is 2. The van der Waals surface area contributed by atoms with E-state index in [4.69, 9.17) is 14.5 Å². The molecular weight excluding hydrogens is 572 g/mol. The Bertz CT molecular complexity index is 1890. The molecule has 4 heterocycles. The van der Waals surface area contributed by atoms with Crippen LogP contribution in [0.3, 0.4) is 0 Å². The van der Waals surface area contributed by atoms with Gasteiger partial charge in [0.15, 0.2) is 0 Å². The molecule has 0 fully saturated rings. The lowest BCUT2D eigenvalue weighted by molar-refractivity contribution is -0.238. The van der Waals surface area contributed by atoms with Crippen molar-refractivity contribution >= 4 is 41.7 Å². The quantitative estimate of drug-likeness (QED) is 0.145. The molecule has 0 saturated carbocycles. The van der Waals surface area contributed by atoms with Gasteiger partial charge >= 0.3 is 5.97 Å². The Balaban J connectivity index is 1.93. The monoisotopic (exact) mass is 610 g/mol. The molecule has 45 heavy (non-hydrogen) atoms. The lowest BCUT2D eigenvalue weighted by atomic mass is 10.0. The molecule has 2 aliphatic heterocycles. The van der Waals surface area contributed by atoms with Gasteiger partial charge in [0, 0.05) is 51.6 Å². The highest BCUT2D eigenvalue weighted by Crippen LogP contribution is 2.28. The van der Waals surface area contributed by atoms with E-state index in [0.717, 1.165) is 55.5 Å². The molecule has 2 amide bonds. The summed E-state index contributed by atoms with van der Waals surface area (Å²) in [6.07, 6.45) is 9.77. The van der Waals surface area contributed by atoms with Crippen LogP contribution in [-0.4, -0.2) is 47.7 Å². The average molecular weight is 611 g/mol. The minimum absolute atomic E-state index is 0.172. The summed E-state index contributed by atoms with van der Waals surface area (Å²) in [4.78, 5) is 58.1. The summed E-state index contributed by atoms with van der Waals surface area (Å²) in [6, 6.07) is 0. The number of nitrogens with one attached hydrogen (secondary N) is 3. The maximum absolute atomic E-state index is 12.4. The lowest BCUT2D eigenvalue weighted by Crippen LogP contribution is -2.15. The first-order chi connectivity index (χ1) is 21.4. The zero-order chi connectivity index (χ0) is 33.0. The SMILES string of the molecule is C=CC1=C(C)C(C=c2[nH]/c(=C\c3[nH]c(/C=C4\NC(=O)C(C)=C4C=C)c(C)c3CC(=C)OOC)c(CCC(=O)OC)c2C)=NC1=O. The van der Waals surface area contributed by atoms with E-state index in [-0.39, 0.29) is 24.2 Å². The van der Waals surface area contributed by atoms with E-state index < -0.39 is 0 Å². The van der Waals surface area contributed by atoms with Crippen LogP contribution in [0.5, 0.6) is 0 Å². The number of hydrogen-bond donors (Lipinski definition) is 3. The van der Waals surface area contributed by atoms with E-state index in [1.807, 2.05) is 39.0 Å². The van der Waals surface area contributed by atoms with Crippen molar-refractivity contribution in [2.75, 3.05) is 14.2 Å². The summed E-state index contributed by atoms with van der Waals surface area (Å²) in [5, 5.41) is 4.42. The Morgan fingerprint density at radius 3 is 2.20 bits per heavy atom. The second-order valence-corrected chi connectivity index (χ2v) is 10.7. The third-order valence-corrected chi connectivity index (χ3v) is 8.07. The van der Waals surface area contributed by atoms with E-state index in [2.05, 4.69) is 40.0 Å². The fourth-order valence-corrected chi connectivity index (χ4v) is 5.46. The van der Waals surface area contributed by atoms with Crippen molar-refractivity contribution in [1.29, 1.82) is 0 Å². The molecule has 0 atom stereocenters. The van der Waals surface area contributed by atoms with Crippen molar-refractivity contribution in [2.24, 2.45) is 4.99 Å². The molecule has 2 aromatic heterocycles. The molecule has 0 bridgehead atoms. The summed E-state index contributed by atoms with van der Waals surface area (Å²) in [5.74, 6) is -0.429. The van der Waals surface area contributed by atoms with Gasteiger partial charge in [-0.25, -0.2) is 4.99 Å². The summed E-state index contributed by atoms with van der Waals surface area (Å²) in [6.45, 7) is 19.1. The van der Waals surface area contributed by atoms with Crippen molar-refractivity contribution in [1.82, 2.24) is 15.3 Å². The van der Waals surface area contributed by atoms with E-state index in [1.54, 1.807) is 13.0 Å². The Morgan fingerprint density at radius 1 is 0.867 bits per heavy atom. The Kier molecular flexibility index (Phi) is 9.88. The second kappa shape index (κ2) is 13.6. The fraction of sp³-hybridized carbons (Fsp3) is 0.257. The Labute approximate surface area is 261 Å². The number of methoxy groups -OCH3 is 1. The molecule has 0 radical (unpaired) electrons. The predicted octanol–water partition coefficient (Wildman–Crippen LogP) is 3.77. The number of carbonyl (C=O) groups excluding carboxylic acids is 3. The third-order valence-electron chi connectivity index (χ3n) is 8.07. The fourth-order valence-electron chi connectivity index (χ4n) is 5.46. The molecule has 0 aromatic carbocycles. The molecule has 0 unspecified atom stereocenters. The number of H-pyrrole nitrogens is 2. The van der Waals surface area contributed by atoms with E-state index >= 15 is 0 Å². The van der Waals surface area contributed by atoms with Gasteiger partial charge in [-0.1, -0.05) is 31.9 Å². The van der Waals surface area contributed by atoms with Crippen LogP contribution in [0.15, 0.2) is 70.6 Å². The van der Waals surface area contributed by atoms with Gasteiger partial charge < -0.3 is 24.9 Å². The van der Waals surface area contributed by atoms with Crippen molar-refractivity contribution < 1.29 is 28.9 Å². The molecule has 0 saturated heterocycles. The minimum Gasteiger partial charge on any atom is -0.469 e. The van der Waals surface area contributed by atoms with Gasteiger partial charge in [-0.3, -0.25) is 14.4 Å². The van der Waals surface area contributed by atoms with Crippen LogP contribution in [0, 0.1) is 13.8 Å². The van der Waals surface area contributed by atoms with E-state index in [0.29, 0.717) is 41.2 Å². The van der Waals surface area contributed by atoms with Gasteiger partial charge in [0.1, 0.15) is 5.76 Å². The van der Waals surface area contributed by atoms with E-state index in [9.17, 15) is 14.4 Å². The maximum Gasteiger partial charge on any atom is 0.305 e. The topological polar surface area (TPSA) is 135 Å². The maximum atomic E-state index is 12.4. The van der Waals surface area contributed by atoms with Crippen molar-refractivity contribution in [2.45, 2.75) is 47.0 Å². The molecule has 2 aromatic rings. The van der Waals surface area contributed by atoms with Gasteiger partial charge in [0.2, 0.25) is 0 Å². The van der Waals surface area contributed by atoms with Gasteiger partial charge in [0.05, 0.1) is 25.6 Å². The number of aromatic nitrogens is 2.